The zero-order chi connectivity index (χ0) is 23.6. The number of ether oxygens (including phenoxy) is 1. The number of nitrogens with zero attached hydrogens (tertiary/aromatic N) is 1. The lowest BCUT2D eigenvalue weighted by molar-refractivity contribution is -0.147. The van der Waals surface area contributed by atoms with Gasteiger partial charge >= 0.3 is 5.97 Å². The van der Waals surface area contributed by atoms with E-state index in [1.165, 1.54) is 24.3 Å². The highest BCUT2D eigenvalue weighted by Crippen LogP contribution is 2.29. The SMILES string of the molecule is CC(C)C(NC(=O)c1c(F)cccc1F)C(=O)OCCN1C(=O)c2ccccc2S1(=O)=O. The zero-order valence-electron chi connectivity index (χ0n) is 17.2. The summed E-state index contributed by atoms with van der Waals surface area (Å²) in [4.78, 5) is 37.0. The Labute approximate surface area is 183 Å². The molecule has 1 heterocycles. The molecule has 0 aliphatic carbocycles. The topological polar surface area (TPSA) is 110 Å². The van der Waals surface area contributed by atoms with Crippen molar-refractivity contribution < 1.29 is 36.3 Å². The summed E-state index contributed by atoms with van der Waals surface area (Å²) >= 11 is 0. The van der Waals surface area contributed by atoms with Gasteiger partial charge in [0.15, 0.2) is 0 Å². The number of hydrogen-bond donors (Lipinski definition) is 1. The van der Waals surface area contributed by atoms with Gasteiger partial charge in [0.1, 0.15) is 34.7 Å². The lowest BCUT2D eigenvalue weighted by atomic mass is 10.0. The third-order valence-corrected chi connectivity index (χ3v) is 6.69. The van der Waals surface area contributed by atoms with Crippen LogP contribution in [0.3, 0.4) is 0 Å². The lowest BCUT2D eigenvalue weighted by Gasteiger charge is -2.22. The molecule has 0 bridgehead atoms. The summed E-state index contributed by atoms with van der Waals surface area (Å²) in [5, 5.41) is 2.24. The molecule has 1 aliphatic heterocycles. The molecule has 170 valence electrons. The maximum absolute atomic E-state index is 13.8. The molecule has 0 fully saturated rings. The molecule has 2 amide bonds. The summed E-state index contributed by atoms with van der Waals surface area (Å²) in [6.07, 6.45) is 0. The minimum absolute atomic E-state index is 0.0260. The smallest absolute Gasteiger partial charge is 0.328 e. The summed E-state index contributed by atoms with van der Waals surface area (Å²) in [5.41, 5.74) is -0.810. The molecule has 0 spiro atoms. The van der Waals surface area contributed by atoms with Gasteiger partial charge in [0, 0.05) is 0 Å². The quantitative estimate of drug-likeness (QED) is 0.626. The van der Waals surface area contributed by atoms with Crippen LogP contribution in [-0.4, -0.2) is 49.7 Å². The predicted octanol–water partition coefficient (Wildman–Crippen LogP) is 2.11. The van der Waals surface area contributed by atoms with Crippen LogP contribution >= 0.6 is 0 Å². The van der Waals surface area contributed by atoms with Crippen LogP contribution < -0.4 is 5.32 Å². The summed E-state index contributed by atoms with van der Waals surface area (Å²) in [6, 6.07) is 7.37. The molecule has 2 aromatic carbocycles. The van der Waals surface area contributed by atoms with Crippen LogP contribution in [0, 0.1) is 17.6 Å². The van der Waals surface area contributed by atoms with Crippen LogP contribution in [0.25, 0.3) is 0 Å². The van der Waals surface area contributed by atoms with E-state index in [4.69, 9.17) is 4.74 Å². The fraction of sp³-hybridized carbons (Fsp3) is 0.286. The summed E-state index contributed by atoms with van der Waals surface area (Å²) in [7, 11) is -4.06. The van der Waals surface area contributed by atoms with Crippen molar-refractivity contribution in [3.05, 3.63) is 65.2 Å². The van der Waals surface area contributed by atoms with Crippen molar-refractivity contribution in [3.8, 4) is 0 Å². The van der Waals surface area contributed by atoms with Crippen molar-refractivity contribution >= 4 is 27.8 Å². The molecule has 1 unspecified atom stereocenters. The van der Waals surface area contributed by atoms with Gasteiger partial charge in [-0.05, 0) is 30.2 Å². The molecule has 3 rings (SSSR count). The van der Waals surface area contributed by atoms with Crippen LogP contribution in [0.5, 0.6) is 0 Å². The fourth-order valence-corrected chi connectivity index (χ4v) is 4.75. The molecule has 11 heteroatoms. The molecule has 0 saturated heterocycles. The molecule has 0 aromatic heterocycles. The first kappa shape index (κ1) is 23.3. The number of carbonyl (C=O) groups is 3. The number of nitrogens with one attached hydrogen (secondary N) is 1. The Hall–Kier alpha value is -3.34. The average molecular weight is 466 g/mol. The highest BCUT2D eigenvalue weighted by Gasteiger charge is 2.40. The second-order valence-corrected chi connectivity index (χ2v) is 9.17. The second-order valence-electron chi connectivity index (χ2n) is 7.34. The number of amides is 2. The van der Waals surface area contributed by atoms with E-state index in [1.807, 2.05) is 0 Å². The van der Waals surface area contributed by atoms with E-state index in [0.717, 1.165) is 18.2 Å². The van der Waals surface area contributed by atoms with Crippen molar-refractivity contribution in [1.29, 1.82) is 0 Å². The van der Waals surface area contributed by atoms with E-state index >= 15 is 0 Å². The number of benzene rings is 2. The molecule has 0 saturated carbocycles. The zero-order valence-corrected chi connectivity index (χ0v) is 18.0. The number of halogens is 2. The maximum Gasteiger partial charge on any atom is 0.328 e. The van der Waals surface area contributed by atoms with Crippen molar-refractivity contribution in [2.45, 2.75) is 24.8 Å². The molecule has 2 aromatic rings. The molecule has 1 aliphatic rings. The molecular formula is C21H20F2N2O6S. The van der Waals surface area contributed by atoms with Crippen molar-refractivity contribution in [1.82, 2.24) is 9.62 Å². The van der Waals surface area contributed by atoms with Gasteiger partial charge in [0.25, 0.3) is 21.8 Å². The van der Waals surface area contributed by atoms with Crippen molar-refractivity contribution in [2.75, 3.05) is 13.2 Å². The predicted molar refractivity (Wildman–Crippen MR) is 108 cm³/mol. The Morgan fingerprint density at radius 1 is 1.06 bits per heavy atom. The highest BCUT2D eigenvalue weighted by molar-refractivity contribution is 7.90. The number of esters is 1. The van der Waals surface area contributed by atoms with E-state index in [-0.39, 0.29) is 10.5 Å². The van der Waals surface area contributed by atoms with Crippen LogP contribution in [0.1, 0.15) is 34.6 Å². The van der Waals surface area contributed by atoms with Crippen molar-refractivity contribution in [2.24, 2.45) is 5.92 Å². The van der Waals surface area contributed by atoms with Gasteiger partial charge < -0.3 is 10.1 Å². The first-order valence-electron chi connectivity index (χ1n) is 9.63. The summed E-state index contributed by atoms with van der Waals surface area (Å²) < 4.78 is 58.4. The molecule has 1 atom stereocenters. The van der Waals surface area contributed by atoms with E-state index in [0.29, 0.717) is 4.31 Å². The molecule has 8 nitrogen and oxygen atoms in total. The standard InChI is InChI=1S/C21H20F2N2O6S/c1-12(2)18(24-19(26)17-14(22)7-5-8-15(17)23)21(28)31-11-10-25-20(27)13-6-3-4-9-16(13)32(25,29)30/h3-9,12,18H,10-11H2,1-2H3,(H,24,26). The Morgan fingerprint density at radius 3 is 2.28 bits per heavy atom. The summed E-state index contributed by atoms with van der Waals surface area (Å²) in [6.45, 7) is 2.26. The molecule has 1 N–H and O–H groups in total. The normalized spacial score (nSPS) is 15.4. The number of sulfonamides is 1. The number of fused-ring (bicyclic) bond motifs is 1. The fourth-order valence-electron chi connectivity index (χ4n) is 3.20. The van der Waals surface area contributed by atoms with Crippen LogP contribution in [0.15, 0.2) is 47.4 Å². The Kier molecular flexibility index (Phi) is 6.58. The van der Waals surface area contributed by atoms with Gasteiger partial charge in [0.2, 0.25) is 0 Å². The second kappa shape index (κ2) is 9.03. The first-order chi connectivity index (χ1) is 15.1. The molecular weight excluding hydrogens is 446 g/mol. The Bertz CT molecular complexity index is 1160. The lowest BCUT2D eigenvalue weighted by Crippen LogP contribution is -2.46. The number of carbonyl (C=O) groups excluding carboxylic acids is 3. The van der Waals surface area contributed by atoms with Crippen LogP contribution in [0.2, 0.25) is 0 Å². The largest absolute Gasteiger partial charge is 0.462 e. The third kappa shape index (κ3) is 4.33. The molecule has 0 radical (unpaired) electrons. The van der Waals surface area contributed by atoms with Gasteiger partial charge in [-0.15, -0.1) is 0 Å². The number of hydrogen-bond acceptors (Lipinski definition) is 6. The van der Waals surface area contributed by atoms with E-state index in [2.05, 4.69) is 5.32 Å². The third-order valence-electron chi connectivity index (χ3n) is 4.85. The van der Waals surface area contributed by atoms with Crippen LogP contribution in [0.4, 0.5) is 8.78 Å². The van der Waals surface area contributed by atoms with Gasteiger partial charge in [-0.1, -0.05) is 32.0 Å². The Balaban J connectivity index is 1.65. The van der Waals surface area contributed by atoms with E-state index < -0.39 is 70.1 Å². The monoisotopic (exact) mass is 466 g/mol. The minimum Gasteiger partial charge on any atom is -0.462 e. The highest BCUT2D eigenvalue weighted by atomic mass is 32.2. The van der Waals surface area contributed by atoms with Gasteiger partial charge in [0.05, 0.1) is 12.1 Å². The maximum atomic E-state index is 13.8. The first-order valence-corrected chi connectivity index (χ1v) is 11.1. The van der Waals surface area contributed by atoms with E-state index in [1.54, 1.807) is 13.8 Å². The Morgan fingerprint density at radius 2 is 1.69 bits per heavy atom. The summed E-state index contributed by atoms with van der Waals surface area (Å²) in [5.74, 6) is -5.50. The van der Waals surface area contributed by atoms with Crippen molar-refractivity contribution in [3.63, 3.8) is 0 Å². The molecule has 32 heavy (non-hydrogen) atoms. The minimum atomic E-state index is -4.06. The van der Waals surface area contributed by atoms with Gasteiger partial charge in [-0.3, -0.25) is 9.59 Å². The van der Waals surface area contributed by atoms with Crippen LogP contribution in [-0.2, 0) is 19.6 Å². The van der Waals surface area contributed by atoms with E-state index in [9.17, 15) is 31.6 Å². The average Bonchev–Trinajstić information content (AvgIpc) is 2.92. The van der Waals surface area contributed by atoms with Gasteiger partial charge in [-0.2, -0.15) is 0 Å². The van der Waals surface area contributed by atoms with Gasteiger partial charge in [-0.25, -0.2) is 26.3 Å². The number of rotatable bonds is 7.